The van der Waals surface area contributed by atoms with Crippen LogP contribution in [-0.2, 0) is 9.84 Å². The molecule has 0 unspecified atom stereocenters. The van der Waals surface area contributed by atoms with Crippen molar-refractivity contribution in [3.63, 3.8) is 0 Å². The van der Waals surface area contributed by atoms with Gasteiger partial charge >= 0.3 is 0 Å². The zero-order valence-corrected chi connectivity index (χ0v) is 13.3. The fraction of sp³-hybridized carbons (Fsp3) is 0.462. The molecule has 1 aromatic carbocycles. The highest BCUT2D eigenvalue weighted by atomic mass is 32.2. The molecule has 0 aliphatic heterocycles. The molecule has 2 N–H and O–H groups in total. The Morgan fingerprint density at radius 3 is 2.50 bits per heavy atom. The molecule has 0 saturated carbocycles. The molecule has 0 fully saturated rings. The zero-order chi connectivity index (χ0) is 15.6. The van der Waals surface area contributed by atoms with Crippen LogP contribution in [0.25, 0.3) is 0 Å². The van der Waals surface area contributed by atoms with Gasteiger partial charge in [0.1, 0.15) is 23.2 Å². The van der Waals surface area contributed by atoms with Crippen LogP contribution in [-0.4, -0.2) is 30.5 Å². The van der Waals surface area contributed by atoms with Gasteiger partial charge in [0.25, 0.3) is 0 Å². The fourth-order valence-corrected chi connectivity index (χ4v) is 2.54. The third kappa shape index (κ3) is 3.89. The number of sulfone groups is 1. The molecule has 7 heteroatoms. The number of nitrogens with two attached hydrogens (primary N) is 1. The van der Waals surface area contributed by atoms with Crippen molar-refractivity contribution in [3.8, 4) is 5.75 Å². The summed E-state index contributed by atoms with van der Waals surface area (Å²) < 4.78 is 41.9. The maximum Gasteiger partial charge on any atom is 0.158 e. The molecule has 20 heavy (non-hydrogen) atoms. The molecular formula is C13H18FNO3S2. The van der Waals surface area contributed by atoms with E-state index in [1.807, 2.05) is 0 Å². The van der Waals surface area contributed by atoms with Crippen LogP contribution >= 0.6 is 12.2 Å². The van der Waals surface area contributed by atoms with Gasteiger partial charge in [-0.05, 0) is 32.9 Å². The second-order valence-electron chi connectivity index (χ2n) is 5.26. The Morgan fingerprint density at radius 2 is 2.00 bits per heavy atom. The van der Waals surface area contributed by atoms with Crippen molar-refractivity contribution in [2.45, 2.75) is 25.5 Å². The molecule has 0 radical (unpaired) electrons. The van der Waals surface area contributed by atoms with Gasteiger partial charge in [-0.25, -0.2) is 12.8 Å². The Morgan fingerprint density at radius 1 is 1.40 bits per heavy atom. The topological polar surface area (TPSA) is 69.4 Å². The van der Waals surface area contributed by atoms with E-state index in [-0.39, 0.29) is 28.7 Å². The average Bonchev–Trinajstić information content (AvgIpc) is 2.26. The largest absolute Gasteiger partial charge is 0.492 e. The predicted molar refractivity (Wildman–Crippen MR) is 81.3 cm³/mol. The lowest BCUT2D eigenvalue weighted by atomic mass is 10.2. The molecule has 1 aromatic rings. The van der Waals surface area contributed by atoms with Gasteiger partial charge in [-0.2, -0.15) is 0 Å². The van der Waals surface area contributed by atoms with E-state index >= 15 is 0 Å². The van der Waals surface area contributed by atoms with Crippen LogP contribution < -0.4 is 10.5 Å². The Hall–Kier alpha value is -1.21. The molecule has 0 aliphatic carbocycles. The summed E-state index contributed by atoms with van der Waals surface area (Å²) in [6, 6.07) is 4.17. The van der Waals surface area contributed by atoms with Crippen molar-refractivity contribution in [1.82, 2.24) is 0 Å². The second-order valence-corrected chi connectivity index (χ2v) is 8.56. The van der Waals surface area contributed by atoms with E-state index < -0.39 is 20.4 Å². The highest BCUT2D eigenvalue weighted by Gasteiger charge is 2.28. The van der Waals surface area contributed by atoms with Gasteiger partial charge in [0, 0.05) is 0 Å². The standard InChI is InChI=1S/C13H18FNO3S2/c1-13(2,3)20(16,17)8-7-18-10-6-4-5-9(14)11(10)12(15)19/h4-6H,7-8H2,1-3H3,(H2,15,19). The van der Waals surface area contributed by atoms with Crippen LogP contribution in [0.4, 0.5) is 4.39 Å². The smallest absolute Gasteiger partial charge is 0.158 e. The van der Waals surface area contributed by atoms with E-state index in [1.54, 1.807) is 20.8 Å². The molecular weight excluding hydrogens is 301 g/mol. The average molecular weight is 319 g/mol. The minimum absolute atomic E-state index is 0.00402. The van der Waals surface area contributed by atoms with E-state index in [0.717, 1.165) is 0 Å². The summed E-state index contributed by atoms with van der Waals surface area (Å²) in [5.74, 6) is -0.598. The van der Waals surface area contributed by atoms with Crippen molar-refractivity contribution < 1.29 is 17.5 Å². The summed E-state index contributed by atoms with van der Waals surface area (Å²) in [6.07, 6.45) is 0. The van der Waals surface area contributed by atoms with Gasteiger partial charge in [0.15, 0.2) is 9.84 Å². The van der Waals surface area contributed by atoms with Crippen molar-refractivity contribution in [3.05, 3.63) is 29.6 Å². The summed E-state index contributed by atoms with van der Waals surface area (Å²) >= 11 is 4.76. The fourth-order valence-electron chi connectivity index (χ4n) is 1.43. The van der Waals surface area contributed by atoms with Crippen LogP contribution in [0.2, 0.25) is 0 Å². The quantitative estimate of drug-likeness (QED) is 0.841. The highest BCUT2D eigenvalue weighted by molar-refractivity contribution is 7.92. The summed E-state index contributed by atoms with van der Waals surface area (Å²) in [7, 11) is -3.29. The number of halogens is 1. The predicted octanol–water partition coefficient (Wildman–Crippen LogP) is 2.05. The summed E-state index contributed by atoms with van der Waals surface area (Å²) in [6.45, 7) is 4.76. The third-order valence-corrected chi connectivity index (χ3v) is 5.54. The SMILES string of the molecule is CC(C)(C)S(=O)(=O)CCOc1cccc(F)c1C(N)=S. The van der Waals surface area contributed by atoms with Crippen molar-refractivity contribution >= 4 is 27.0 Å². The molecule has 4 nitrogen and oxygen atoms in total. The lowest BCUT2D eigenvalue weighted by Crippen LogP contribution is -2.32. The number of hydrogen-bond acceptors (Lipinski definition) is 4. The van der Waals surface area contributed by atoms with Gasteiger partial charge in [0.2, 0.25) is 0 Å². The van der Waals surface area contributed by atoms with Gasteiger partial charge in [-0.15, -0.1) is 0 Å². The van der Waals surface area contributed by atoms with E-state index in [0.29, 0.717) is 0 Å². The monoisotopic (exact) mass is 319 g/mol. The summed E-state index contributed by atoms with van der Waals surface area (Å²) in [5.41, 5.74) is 5.43. The zero-order valence-electron chi connectivity index (χ0n) is 11.6. The van der Waals surface area contributed by atoms with Gasteiger partial charge < -0.3 is 10.5 Å². The number of hydrogen-bond donors (Lipinski definition) is 1. The van der Waals surface area contributed by atoms with Gasteiger partial charge in [-0.3, -0.25) is 0 Å². The molecule has 0 spiro atoms. The molecule has 0 aliphatic rings. The van der Waals surface area contributed by atoms with Crippen LogP contribution in [0.1, 0.15) is 26.3 Å². The molecule has 1 rings (SSSR count). The number of ether oxygens (including phenoxy) is 1. The Balaban J connectivity index is 2.83. The number of thiocarbonyl (C=S) groups is 1. The van der Waals surface area contributed by atoms with Gasteiger partial charge in [0.05, 0.1) is 16.1 Å². The lowest BCUT2D eigenvalue weighted by molar-refractivity contribution is 0.337. The second kappa shape index (κ2) is 6.05. The first kappa shape index (κ1) is 16.8. The number of benzene rings is 1. The first-order valence-electron chi connectivity index (χ1n) is 5.99. The molecule has 0 aromatic heterocycles. The molecule has 0 atom stereocenters. The third-order valence-electron chi connectivity index (χ3n) is 2.76. The normalized spacial score (nSPS) is 12.2. The first-order valence-corrected chi connectivity index (χ1v) is 8.06. The molecule has 0 heterocycles. The van der Waals surface area contributed by atoms with Crippen molar-refractivity contribution in [1.29, 1.82) is 0 Å². The molecule has 112 valence electrons. The van der Waals surface area contributed by atoms with Crippen molar-refractivity contribution in [2.24, 2.45) is 5.73 Å². The van der Waals surface area contributed by atoms with E-state index in [2.05, 4.69) is 0 Å². The van der Waals surface area contributed by atoms with E-state index in [4.69, 9.17) is 22.7 Å². The maximum atomic E-state index is 13.6. The maximum absolute atomic E-state index is 13.6. The minimum Gasteiger partial charge on any atom is -0.492 e. The molecule has 0 amide bonds. The minimum atomic E-state index is -3.29. The van der Waals surface area contributed by atoms with E-state index in [1.165, 1.54) is 18.2 Å². The lowest BCUT2D eigenvalue weighted by Gasteiger charge is -2.19. The van der Waals surface area contributed by atoms with Crippen LogP contribution in [0.5, 0.6) is 5.75 Å². The van der Waals surface area contributed by atoms with Crippen molar-refractivity contribution in [2.75, 3.05) is 12.4 Å². The van der Waals surface area contributed by atoms with Crippen LogP contribution in [0, 0.1) is 5.82 Å². The summed E-state index contributed by atoms with van der Waals surface area (Å²) in [4.78, 5) is -0.128. The van der Waals surface area contributed by atoms with Crippen LogP contribution in [0.3, 0.4) is 0 Å². The van der Waals surface area contributed by atoms with Gasteiger partial charge in [-0.1, -0.05) is 18.3 Å². The Kier molecular flexibility index (Phi) is 5.10. The van der Waals surface area contributed by atoms with Crippen LogP contribution in [0.15, 0.2) is 18.2 Å². The molecule has 0 saturated heterocycles. The number of rotatable bonds is 5. The Bertz CT molecular complexity index is 607. The summed E-state index contributed by atoms with van der Waals surface area (Å²) in [5, 5.41) is 0. The highest BCUT2D eigenvalue weighted by Crippen LogP contribution is 2.22. The molecule has 0 bridgehead atoms. The Labute approximate surface area is 124 Å². The van der Waals surface area contributed by atoms with E-state index in [9.17, 15) is 12.8 Å². The first-order chi connectivity index (χ1) is 9.06.